The van der Waals surface area contributed by atoms with Crippen molar-refractivity contribution >= 4 is 16.8 Å². The summed E-state index contributed by atoms with van der Waals surface area (Å²) in [6, 6.07) is 9.83. The number of rotatable bonds is 5. The van der Waals surface area contributed by atoms with Crippen molar-refractivity contribution in [1.29, 1.82) is 0 Å². The predicted molar refractivity (Wildman–Crippen MR) is 56.2 cm³/mol. The first kappa shape index (κ1) is 11.2. The summed E-state index contributed by atoms with van der Waals surface area (Å²) in [6.45, 7) is 2.36. The molecule has 0 spiro atoms. The van der Waals surface area contributed by atoms with Crippen LogP contribution < -0.4 is 0 Å². The summed E-state index contributed by atoms with van der Waals surface area (Å²) >= 11 is 5.24. The van der Waals surface area contributed by atoms with Gasteiger partial charge < -0.3 is 4.74 Å². The van der Waals surface area contributed by atoms with Crippen LogP contribution in [0.2, 0.25) is 0 Å². The van der Waals surface area contributed by atoms with E-state index in [-0.39, 0.29) is 17.8 Å². The lowest BCUT2D eigenvalue weighted by atomic mass is 10.2. The summed E-state index contributed by atoms with van der Waals surface area (Å²) in [6.07, 6.45) is 0.134. The molecule has 0 radical (unpaired) electrons. The van der Waals surface area contributed by atoms with Crippen molar-refractivity contribution in [3.8, 4) is 0 Å². The van der Waals surface area contributed by atoms with Crippen LogP contribution in [-0.2, 0) is 16.1 Å². The molecule has 0 unspecified atom stereocenters. The van der Waals surface area contributed by atoms with Crippen LogP contribution in [0.15, 0.2) is 30.3 Å². The highest BCUT2D eigenvalue weighted by molar-refractivity contribution is 6.63. The molecule has 1 aromatic rings. The van der Waals surface area contributed by atoms with Gasteiger partial charge in [0.1, 0.15) is 0 Å². The maximum absolute atomic E-state index is 10.6. The van der Waals surface area contributed by atoms with Crippen molar-refractivity contribution in [1.82, 2.24) is 0 Å². The zero-order chi connectivity index (χ0) is 10.4. The lowest BCUT2D eigenvalue weighted by molar-refractivity contribution is -0.114. The number of carbonyl (C=O) groups is 1. The highest BCUT2D eigenvalue weighted by Crippen LogP contribution is 2.06. The van der Waals surface area contributed by atoms with Crippen molar-refractivity contribution in [3.05, 3.63) is 35.9 Å². The fourth-order valence-electron chi connectivity index (χ4n) is 1.10. The average molecular weight is 213 g/mol. The number of halogens is 1. The second-order valence-corrected chi connectivity index (χ2v) is 3.59. The highest BCUT2D eigenvalue weighted by Gasteiger charge is 2.06. The van der Waals surface area contributed by atoms with Crippen LogP contribution in [0, 0.1) is 0 Å². The third kappa shape index (κ3) is 4.40. The van der Waals surface area contributed by atoms with Gasteiger partial charge in [0.15, 0.2) is 0 Å². The number of hydrogen-bond acceptors (Lipinski definition) is 2. The first-order chi connectivity index (χ1) is 6.68. The fourth-order valence-corrected chi connectivity index (χ4v) is 1.31. The lowest BCUT2D eigenvalue weighted by Crippen LogP contribution is -2.10. The van der Waals surface area contributed by atoms with Gasteiger partial charge in [0.25, 0.3) is 0 Å². The van der Waals surface area contributed by atoms with Gasteiger partial charge in [-0.25, -0.2) is 0 Å². The van der Waals surface area contributed by atoms with E-state index < -0.39 is 0 Å². The Morgan fingerprint density at radius 1 is 1.43 bits per heavy atom. The molecule has 0 aromatic heterocycles. The van der Waals surface area contributed by atoms with Gasteiger partial charge in [-0.05, 0) is 24.1 Å². The molecule has 0 saturated heterocycles. The number of benzene rings is 1. The van der Waals surface area contributed by atoms with Crippen molar-refractivity contribution in [2.24, 2.45) is 0 Å². The van der Waals surface area contributed by atoms with Crippen LogP contribution in [-0.4, -0.2) is 11.3 Å². The highest BCUT2D eigenvalue weighted by atomic mass is 35.5. The number of carbonyl (C=O) groups excluding carboxylic acids is 1. The fraction of sp³-hybridized carbons (Fsp3) is 0.364. The molecule has 0 aliphatic rings. The zero-order valence-electron chi connectivity index (χ0n) is 8.07. The second-order valence-electron chi connectivity index (χ2n) is 3.17. The van der Waals surface area contributed by atoms with Gasteiger partial charge in [-0.15, -0.1) is 0 Å². The Morgan fingerprint density at radius 2 is 2.07 bits per heavy atom. The smallest absolute Gasteiger partial charge is 0.224 e. The van der Waals surface area contributed by atoms with Gasteiger partial charge in [-0.2, -0.15) is 0 Å². The van der Waals surface area contributed by atoms with Crippen LogP contribution in [0.4, 0.5) is 0 Å². The molecular formula is C11H13ClO2. The maximum Gasteiger partial charge on any atom is 0.224 e. The number of hydrogen-bond donors (Lipinski definition) is 0. The largest absolute Gasteiger partial charge is 0.373 e. The van der Waals surface area contributed by atoms with Crippen LogP contribution in [0.3, 0.4) is 0 Å². The zero-order valence-corrected chi connectivity index (χ0v) is 8.83. The third-order valence-electron chi connectivity index (χ3n) is 1.83. The SMILES string of the molecule is C[C@@H](CC(=O)Cl)OCc1ccccc1. The molecule has 1 aromatic carbocycles. The van der Waals surface area contributed by atoms with Crippen LogP contribution in [0.1, 0.15) is 18.9 Å². The summed E-state index contributed by atoms with van der Waals surface area (Å²) in [7, 11) is 0. The maximum atomic E-state index is 10.6. The van der Waals surface area contributed by atoms with Crippen molar-refractivity contribution in [2.75, 3.05) is 0 Å². The molecule has 0 heterocycles. The summed E-state index contributed by atoms with van der Waals surface area (Å²) in [5.74, 6) is 0. The van der Waals surface area contributed by atoms with E-state index in [1.807, 2.05) is 37.3 Å². The van der Waals surface area contributed by atoms with E-state index in [0.29, 0.717) is 6.61 Å². The van der Waals surface area contributed by atoms with Crippen molar-refractivity contribution < 1.29 is 9.53 Å². The van der Waals surface area contributed by atoms with Crippen molar-refractivity contribution in [3.63, 3.8) is 0 Å². The third-order valence-corrected chi connectivity index (χ3v) is 1.98. The molecule has 76 valence electrons. The van der Waals surface area contributed by atoms with Crippen LogP contribution in [0.5, 0.6) is 0 Å². The molecule has 0 N–H and O–H groups in total. The van der Waals surface area contributed by atoms with E-state index in [9.17, 15) is 4.79 Å². The molecule has 0 saturated carbocycles. The van der Waals surface area contributed by atoms with Crippen LogP contribution >= 0.6 is 11.6 Å². The summed E-state index contributed by atoms with van der Waals surface area (Å²) in [4.78, 5) is 10.6. The van der Waals surface area contributed by atoms with E-state index in [1.54, 1.807) is 0 Å². The minimum atomic E-state index is -0.356. The van der Waals surface area contributed by atoms with Gasteiger partial charge in [0.05, 0.1) is 12.7 Å². The Hall–Kier alpha value is -0.860. The monoisotopic (exact) mass is 212 g/mol. The Labute approximate surface area is 88.8 Å². The van der Waals surface area contributed by atoms with E-state index >= 15 is 0 Å². The molecule has 0 aliphatic heterocycles. The standard InChI is InChI=1S/C11H13ClO2/c1-9(7-11(12)13)14-8-10-5-3-2-4-6-10/h2-6,9H,7-8H2,1H3/t9-/m0/s1. The van der Waals surface area contributed by atoms with E-state index in [2.05, 4.69) is 0 Å². The minimum Gasteiger partial charge on any atom is -0.373 e. The van der Waals surface area contributed by atoms with Gasteiger partial charge >= 0.3 is 0 Å². The molecular weight excluding hydrogens is 200 g/mol. The van der Waals surface area contributed by atoms with E-state index in [1.165, 1.54) is 0 Å². The lowest BCUT2D eigenvalue weighted by Gasteiger charge is -2.10. The summed E-state index contributed by atoms with van der Waals surface area (Å²) in [5.41, 5.74) is 1.10. The summed E-state index contributed by atoms with van der Waals surface area (Å²) in [5, 5.41) is -0.356. The van der Waals surface area contributed by atoms with Crippen LogP contribution in [0.25, 0.3) is 0 Å². The van der Waals surface area contributed by atoms with Gasteiger partial charge in [0, 0.05) is 6.42 Å². The molecule has 2 nitrogen and oxygen atoms in total. The topological polar surface area (TPSA) is 26.3 Å². The molecule has 0 fully saturated rings. The first-order valence-electron chi connectivity index (χ1n) is 4.52. The Kier molecular flexibility index (Phi) is 4.63. The molecule has 1 rings (SSSR count). The van der Waals surface area contributed by atoms with Gasteiger partial charge in [-0.3, -0.25) is 4.79 Å². The molecule has 14 heavy (non-hydrogen) atoms. The van der Waals surface area contributed by atoms with Gasteiger partial charge in [0.2, 0.25) is 5.24 Å². The second kappa shape index (κ2) is 5.78. The quantitative estimate of drug-likeness (QED) is 0.702. The molecule has 0 bridgehead atoms. The normalized spacial score (nSPS) is 12.4. The van der Waals surface area contributed by atoms with Gasteiger partial charge in [-0.1, -0.05) is 30.3 Å². The average Bonchev–Trinajstić information content (AvgIpc) is 2.15. The van der Waals surface area contributed by atoms with E-state index in [0.717, 1.165) is 5.56 Å². The minimum absolute atomic E-state index is 0.125. The van der Waals surface area contributed by atoms with E-state index in [4.69, 9.17) is 16.3 Å². The Bertz CT molecular complexity index is 285. The predicted octanol–water partition coefficient (Wildman–Crippen LogP) is 2.75. The summed E-state index contributed by atoms with van der Waals surface area (Å²) < 4.78 is 5.43. The van der Waals surface area contributed by atoms with Crippen molar-refractivity contribution in [2.45, 2.75) is 26.1 Å². The first-order valence-corrected chi connectivity index (χ1v) is 4.90. The molecule has 0 amide bonds. The molecule has 0 aliphatic carbocycles. The molecule has 3 heteroatoms. The Morgan fingerprint density at radius 3 is 2.64 bits per heavy atom. The Balaban J connectivity index is 2.30. The molecule has 1 atom stereocenters. The number of ether oxygens (including phenoxy) is 1.